The zero-order valence-electron chi connectivity index (χ0n) is 11.3. The van der Waals surface area contributed by atoms with Gasteiger partial charge < -0.3 is 4.42 Å². The molecule has 0 saturated heterocycles. The molecule has 1 aromatic carbocycles. The molecule has 0 aliphatic heterocycles. The number of carbonyl (C=O) groups is 1. The summed E-state index contributed by atoms with van der Waals surface area (Å²) >= 11 is 7.09. The van der Waals surface area contributed by atoms with Crippen molar-refractivity contribution in [2.75, 3.05) is 5.75 Å². The van der Waals surface area contributed by atoms with Crippen LogP contribution in [0.5, 0.6) is 0 Å². The van der Waals surface area contributed by atoms with Crippen molar-refractivity contribution in [1.82, 2.24) is 20.2 Å². The highest BCUT2D eigenvalue weighted by molar-refractivity contribution is 7.99. The normalized spacial score (nSPS) is 10.8. The lowest BCUT2D eigenvalue weighted by molar-refractivity contribution is 0.102. The zero-order chi connectivity index (χ0) is 15.4. The molecular weight excluding hydrogens is 324 g/mol. The lowest BCUT2D eigenvalue weighted by Gasteiger charge is -2.03. The number of hydrogen-bond donors (Lipinski definition) is 0. The Hall–Kier alpha value is -2.12. The van der Waals surface area contributed by atoms with Crippen LogP contribution in [0.15, 0.2) is 52.2 Å². The Bertz CT molecular complexity index is 756. The van der Waals surface area contributed by atoms with E-state index < -0.39 is 0 Å². The Morgan fingerprint density at radius 3 is 2.82 bits per heavy atom. The summed E-state index contributed by atoms with van der Waals surface area (Å²) < 4.78 is 6.86. The second kappa shape index (κ2) is 6.76. The molecule has 0 amide bonds. The van der Waals surface area contributed by atoms with Gasteiger partial charge in [-0.3, -0.25) is 4.79 Å². The third kappa shape index (κ3) is 3.55. The average Bonchev–Trinajstić information content (AvgIpc) is 3.18. The van der Waals surface area contributed by atoms with Crippen LogP contribution >= 0.6 is 23.4 Å². The molecule has 22 heavy (non-hydrogen) atoms. The van der Waals surface area contributed by atoms with Crippen LogP contribution in [-0.2, 0) is 6.54 Å². The molecule has 3 aromatic rings. The summed E-state index contributed by atoms with van der Waals surface area (Å²) in [4.78, 5) is 12.1. The lowest BCUT2D eigenvalue weighted by atomic mass is 10.1. The minimum Gasteiger partial charge on any atom is -0.467 e. The van der Waals surface area contributed by atoms with Crippen molar-refractivity contribution in [1.29, 1.82) is 0 Å². The van der Waals surface area contributed by atoms with Crippen molar-refractivity contribution in [2.24, 2.45) is 0 Å². The molecule has 8 heteroatoms. The van der Waals surface area contributed by atoms with Gasteiger partial charge in [0.1, 0.15) is 12.3 Å². The Balaban J connectivity index is 1.63. The number of halogens is 1. The van der Waals surface area contributed by atoms with Gasteiger partial charge in [0.15, 0.2) is 5.78 Å². The van der Waals surface area contributed by atoms with Crippen LogP contribution in [0.3, 0.4) is 0 Å². The molecule has 0 saturated carbocycles. The maximum absolute atomic E-state index is 12.1. The van der Waals surface area contributed by atoms with E-state index in [-0.39, 0.29) is 11.5 Å². The van der Waals surface area contributed by atoms with Gasteiger partial charge in [-0.1, -0.05) is 23.4 Å². The topological polar surface area (TPSA) is 73.8 Å². The van der Waals surface area contributed by atoms with E-state index in [0.29, 0.717) is 22.3 Å². The lowest BCUT2D eigenvalue weighted by Crippen LogP contribution is -2.06. The van der Waals surface area contributed by atoms with Crippen molar-refractivity contribution in [3.8, 4) is 0 Å². The number of nitrogens with zero attached hydrogens (tertiary/aromatic N) is 4. The van der Waals surface area contributed by atoms with Gasteiger partial charge in [0.2, 0.25) is 5.16 Å². The molecule has 0 N–H and O–H groups in total. The molecular formula is C14H11ClN4O2S. The van der Waals surface area contributed by atoms with Crippen LogP contribution < -0.4 is 0 Å². The standard InChI is InChI=1S/C14H11ClN4O2S/c15-11-5-3-10(4-6-11)13(20)9-22-14-16-17-18-19(14)8-12-2-1-7-21-12/h1-7H,8-9H2. The van der Waals surface area contributed by atoms with Crippen LogP contribution in [0.2, 0.25) is 5.02 Å². The Kier molecular flexibility index (Phi) is 4.55. The average molecular weight is 335 g/mol. The highest BCUT2D eigenvalue weighted by Crippen LogP contribution is 2.18. The third-order valence-electron chi connectivity index (χ3n) is 2.88. The summed E-state index contributed by atoms with van der Waals surface area (Å²) in [5, 5.41) is 12.6. The zero-order valence-corrected chi connectivity index (χ0v) is 12.9. The number of carbonyl (C=O) groups excluding carboxylic acids is 1. The van der Waals surface area contributed by atoms with Crippen LogP contribution in [0.4, 0.5) is 0 Å². The fourth-order valence-corrected chi connectivity index (χ4v) is 2.70. The van der Waals surface area contributed by atoms with Crippen LogP contribution in [0.25, 0.3) is 0 Å². The first-order valence-electron chi connectivity index (χ1n) is 6.42. The number of rotatable bonds is 6. The highest BCUT2D eigenvalue weighted by atomic mass is 35.5. The van der Waals surface area contributed by atoms with Gasteiger partial charge in [-0.15, -0.1) is 5.10 Å². The molecule has 0 unspecified atom stereocenters. The third-order valence-corrected chi connectivity index (χ3v) is 4.09. The molecule has 112 valence electrons. The molecule has 0 bridgehead atoms. The number of furan rings is 1. The van der Waals surface area contributed by atoms with Gasteiger partial charge >= 0.3 is 0 Å². The van der Waals surface area contributed by atoms with E-state index >= 15 is 0 Å². The number of ketones is 1. The van der Waals surface area contributed by atoms with Gasteiger partial charge in [-0.2, -0.15) is 0 Å². The Labute approximate surface area is 135 Å². The molecule has 6 nitrogen and oxygen atoms in total. The Morgan fingerprint density at radius 1 is 1.27 bits per heavy atom. The number of aromatic nitrogens is 4. The van der Waals surface area contributed by atoms with E-state index in [1.54, 1.807) is 41.3 Å². The molecule has 3 rings (SSSR count). The fraction of sp³-hybridized carbons (Fsp3) is 0.143. The SMILES string of the molecule is O=C(CSc1nnnn1Cc1ccco1)c1ccc(Cl)cc1. The van der Waals surface area contributed by atoms with E-state index in [0.717, 1.165) is 5.76 Å². The van der Waals surface area contributed by atoms with Crippen molar-refractivity contribution >= 4 is 29.1 Å². The molecule has 2 heterocycles. The number of hydrogen-bond acceptors (Lipinski definition) is 6. The van der Waals surface area contributed by atoms with Crippen molar-refractivity contribution in [2.45, 2.75) is 11.7 Å². The Morgan fingerprint density at radius 2 is 2.09 bits per heavy atom. The highest BCUT2D eigenvalue weighted by Gasteiger charge is 2.12. The largest absolute Gasteiger partial charge is 0.467 e. The van der Waals surface area contributed by atoms with Crippen LogP contribution in [0, 0.1) is 0 Å². The summed E-state index contributed by atoms with van der Waals surface area (Å²) in [6.45, 7) is 0.428. The quantitative estimate of drug-likeness (QED) is 0.509. The second-order valence-electron chi connectivity index (χ2n) is 4.42. The van der Waals surface area contributed by atoms with Crippen molar-refractivity contribution in [3.05, 3.63) is 59.0 Å². The van der Waals surface area contributed by atoms with E-state index in [4.69, 9.17) is 16.0 Å². The molecule has 0 atom stereocenters. The molecule has 0 fully saturated rings. The second-order valence-corrected chi connectivity index (χ2v) is 5.80. The first-order chi connectivity index (χ1) is 10.7. The van der Waals surface area contributed by atoms with E-state index in [2.05, 4.69) is 15.5 Å². The number of benzene rings is 1. The molecule has 2 aromatic heterocycles. The number of Topliss-reactive ketones (excluding diaryl/α,β-unsaturated/α-hetero) is 1. The summed E-state index contributed by atoms with van der Waals surface area (Å²) in [5.74, 6) is 0.993. The predicted molar refractivity (Wildman–Crippen MR) is 82.1 cm³/mol. The van der Waals surface area contributed by atoms with Gasteiger partial charge in [0.05, 0.1) is 12.0 Å². The first-order valence-corrected chi connectivity index (χ1v) is 7.79. The number of tetrazole rings is 1. The maximum atomic E-state index is 12.1. The van der Waals surface area contributed by atoms with Crippen molar-refractivity contribution < 1.29 is 9.21 Å². The summed E-state index contributed by atoms with van der Waals surface area (Å²) in [6.07, 6.45) is 1.59. The fourth-order valence-electron chi connectivity index (χ4n) is 1.80. The molecule has 0 radical (unpaired) electrons. The van der Waals surface area contributed by atoms with Gasteiger partial charge in [0, 0.05) is 10.6 Å². The minimum absolute atomic E-state index is 0.00536. The maximum Gasteiger partial charge on any atom is 0.210 e. The van der Waals surface area contributed by atoms with E-state index in [1.165, 1.54) is 11.8 Å². The van der Waals surface area contributed by atoms with E-state index in [1.807, 2.05) is 6.07 Å². The van der Waals surface area contributed by atoms with Gasteiger partial charge in [0.25, 0.3) is 0 Å². The molecule has 0 spiro atoms. The first kappa shape index (κ1) is 14.8. The smallest absolute Gasteiger partial charge is 0.210 e. The van der Waals surface area contributed by atoms with Gasteiger partial charge in [-0.25, -0.2) is 4.68 Å². The summed E-state index contributed by atoms with van der Waals surface area (Å²) in [7, 11) is 0. The van der Waals surface area contributed by atoms with Crippen LogP contribution in [0.1, 0.15) is 16.1 Å². The summed E-state index contributed by atoms with van der Waals surface area (Å²) in [6, 6.07) is 10.4. The van der Waals surface area contributed by atoms with E-state index in [9.17, 15) is 4.79 Å². The molecule has 0 aliphatic rings. The monoisotopic (exact) mass is 334 g/mol. The van der Waals surface area contributed by atoms with Gasteiger partial charge in [-0.05, 0) is 46.8 Å². The van der Waals surface area contributed by atoms with Crippen LogP contribution in [-0.4, -0.2) is 31.7 Å². The summed E-state index contributed by atoms with van der Waals surface area (Å²) in [5.41, 5.74) is 0.613. The predicted octanol–water partition coefficient (Wildman–Crippen LogP) is 2.94. The van der Waals surface area contributed by atoms with Crippen molar-refractivity contribution in [3.63, 3.8) is 0 Å². The minimum atomic E-state index is -0.00536. The molecule has 0 aliphatic carbocycles. The number of thioether (sulfide) groups is 1.